The highest BCUT2D eigenvalue weighted by atomic mass is 32.2. The minimum absolute atomic E-state index is 0.0982. The van der Waals surface area contributed by atoms with Gasteiger partial charge in [0, 0.05) is 0 Å². The molecular formula is C20H21N3O2S2. The lowest BCUT2D eigenvalue weighted by Crippen LogP contribution is -2.54. The van der Waals surface area contributed by atoms with Gasteiger partial charge in [0.2, 0.25) is 0 Å². The van der Waals surface area contributed by atoms with Gasteiger partial charge in [0.1, 0.15) is 21.1 Å². The Hall–Kier alpha value is -2.25. The first-order valence-corrected chi connectivity index (χ1v) is 11.1. The van der Waals surface area contributed by atoms with E-state index in [1.807, 2.05) is 30.3 Å². The molecule has 5 nitrogen and oxygen atoms in total. The Labute approximate surface area is 162 Å². The Morgan fingerprint density at radius 2 is 1.74 bits per heavy atom. The van der Waals surface area contributed by atoms with Gasteiger partial charge in [-0.3, -0.25) is 4.99 Å². The first-order chi connectivity index (χ1) is 12.6. The van der Waals surface area contributed by atoms with E-state index in [1.54, 1.807) is 20.8 Å². The molecule has 0 amide bonds. The molecule has 0 saturated heterocycles. The maximum atomic E-state index is 12.8. The molecule has 1 aliphatic heterocycles. The normalized spacial score (nSPS) is 23.9. The first-order valence-electron chi connectivity index (χ1n) is 8.67. The largest absolute Gasteiger partial charge is 0.386 e. The second-order valence-corrected chi connectivity index (χ2v) is 11.2. The van der Waals surface area contributed by atoms with Crippen molar-refractivity contribution in [2.75, 3.05) is 5.75 Å². The number of amidine groups is 1. The molecule has 2 aromatic carbocycles. The van der Waals surface area contributed by atoms with Gasteiger partial charge in [-0.25, -0.2) is 13.4 Å². The predicted molar refractivity (Wildman–Crippen MR) is 112 cm³/mol. The van der Waals surface area contributed by atoms with E-state index in [2.05, 4.69) is 28.2 Å². The van der Waals surface area contributed by atoms with Crippen molar-refractivity contribution >= 4 is 37.2 Å². The molecule has 1 aromatic heterocycles. The molecule has 0 fully saturated rings. The van der Waals surface area contributed by atoms with Crippen LogP contribution in [0.1, 0.15) is 25.8 Å². The molecule has 1 aliphatic rings. The van der Waals surface area contributed by atoms with Gasteiger partial charge in [-0.1, -0.05) is 36.4 Å². The number of hydrogen-bond donors (Lipinski definition) is 1. The molecule has 1 atom stereocenters. The summed E-state index contributed by atoms with van der Waals surface area (Å²) in [7, 11) is -3.44. The van der Waals surface area contributed by atoms with Crippen molar-refractivity contribution in [3.05, 3.63) is 53.5 Å². The maximum Gasteiger partial charge on any atom is 0.165 e. The number of thiazole rings is 1. The van der Waals surface area contributed by atoms with Gasteiger partial charge >= 0.3 is 0 Å². The monoisotopic (exact) mass is 399 g/mol. The number of fused-ring (bicyclic) bond motifs is 1. The number of rotatable bonds is 2. The van der Waals surface area contributed by atoms with Crippen LogP contribution < -0.4 is 5.73 Å². The van der Waals surface area contributed by atoms with Crippen molar-refractivity contribution in [3.63, 3.8) is 0 Å². The molecule has 140 valence electrons. The molecular weight excluding hydrogens is 378 g/mol. The van der Waals surface area contributed by atoms with Crippen LogP contribution in [0.15, 0.2) is 53.5 Å². The van der Waals surface area contributed by atoms with Crippen LogP contribution in [0.25, 0.3) is 21.3 Å². The number of sulfone groups is 1. The summed E-state index contributed by atoms with van der Waals surface area (Å²) >= 11 is 1.48. The topological polar surface area (TPSA) is 85.4 Å². The lowest BCUT2D eigenvalue weighted by atomic mass is 10.0. The van der Waals surface area contributed by atoms with Gasteiger partial charge in [0.05, 0.1) is 16.0 Å². The minimum atomic E-state index is -3.44. The molecule has 0 bridgehead atoms. The van der Waals surface area contributed by atoms with E-state index in [-0.39, 0.29) is 11.6 Å². The summed E-state index contributed by atoms with van der Waals surface area (Å²) < 4.78 is 25.4. The zero-order valence-electron chi connectivity index (χ0n) is 15.4. The standard InChI is InChI=1S/C20H21N3O2S2/c1-19(2)17(21)23-20(3,12-27(19,24)25)18-22-15-10-9-14(11-16(15)26-18)13-7-5-4-6-8-13/h4-11H,12H2,1-3H3,(H2,21,23)/t20-/m0/s1. The molecule has 0 spiro atoms. The fourth-order valence-electron chi connectivity index (χ4n) is 3.22. The van der Waals surface area contributed by atoms with E-state index < -0.39 is 20.1 Å². The number of hydrogen-bond acceptors (Lipinski definition) is 6. The van der Waals surface area contributed by atoms with Crippen molar-refractivity contribution in [1.82, 2.24) is 4.98 Å². The van der Waals surface area contributed by atoms with Gasteiger partial charge < -0.3 is 5.73 Å². The van der Waals surface area contributed by atoms with Gasteiger partial charge in [-0.15, -0.1) is 11.3 Å². The van der Waals surface area contributed by atoms with E-state index >= 15 is 0 Å². The minimum Gasteiger partial charge on any atom is -0.386 e. The molecule has 0 unspecified atom stereocenters. The molecule has 0 radical (unpaired) electrons. The summed E-state index contributed by atoms with van der Waals surface area (Å²) in [5.74, 6) is 0.0412. The summed E-state index contributed by atoms with van der Waals surface area (Å²) in [4.78, 5) is 9.25. The summed E-state index contributed by atoms with van der Waals surface area (Å²) in [5.41, 5.74) is 8.15. The average molecular weight is 400 g/mol. The maximum absolute atomic E-state index is 12.8. The lowest BCUT2D eigenvalue weighted by Gasteiger charge is -2.36. The lowest BCUT2D eigenvalue weighted by molar-refractivity contribution is 0.500. The van der Waals surface area contributed by atoms with Crippen molar-refractivity contribution < 1.29 is 8.42 Å². The Morgan fingerprint density at radius 1 is 1.04 bits per heavy atom. The Morgan fingerprint density at radius 3 is 2.41 bits per heavy atom. The van der Waals surface area contributed by atoms with Gasteiger partial charge in [-0.2, -0.15) is 0 Å². The number of nitrogens with two attached hydrogens (primary N) is 1. The quantitative estimate of drug-likeness (QED) is 0.711. The van der Waals surface area contributed by atoms with E-state index in [0.29, 0.717) is 5.01 Å². The highest BCUT2D eigenvalue weighted by Crippen LogP contribution is 2.40. The van der Waals surface area contributed by atoms with Crippen molar-refractivity contribution in [3.8, 4) is 11.1 Å². The van der Waals surface area contributed by atoms with Crippen LogP contribution in [0.5, 0.6) is 0 Å². The Balaban J connectivity index is 1.82. The Kier molecular flexibility index (Phi) is 3.94. The number of nitrogens with zero attached hydrogens (tertiary/aromatic N) is 2. The number of benzene rings is 2. The molecule has 0 aliphatic carbocycles. The third-order valence-corrected chi connectivity index (χ3v) is 9.17. The fourth-order valence-corrected chi connectivity index (χ4v) is 6.07. The van der Waals surface area contributed by atoms with Gasteiger partial charge in [0.25, 0.3) is 0 Å². The fraction of sp³-hybridized carbons (Fsp3) is 0.300. The predicted octanol–water partition coefficient (Wildman–Crippen LogP) is 3.74. The van der Waals surface area contributed by atoms with E-state index in [9.17, 15) is 8.42 Å². The van der Waals surface area contributed by atoms with E-state index in [1.165, 1.54) is 11.3 Å². The summed E-state index contributed by atoms with van der Waals surface area (Å²) in [5, 5.41) is 0.671. The second kappa shape index (κ2) is 5.87. The SMILES string of the molecule is CC1(C)C(N)=N[C@](C)(c2nc3ccc(-c4ccccc4)cc3s2)CS1(=O)=O. The van der Waals surface area contributed by atoms with Gasteiger partial charge in [-0.05, 0) is 44.0 Å². The van der Waals surface area contributed by atoms with Crippen LogP contribution in [-0.4, -0.2) is 29.7 Å². The zero-order chi connectivity index (χ0) is 19.4. The van der Waals surface area contributed by atoms with Crippen LogP contribution in [-0.2, 0) is 15.4 Å². The molecule has 0 saturated carbocycles. The molecule has 3 aromatic rings. The number of aliphatic imine (C=N–C) groups is 1. The second-order valence-electron chi connectivity index (χ2n) is 7.61. The summed E-state index contributed by atoms with van der Waals surface area (Å²) in [6, 6.07) is 16.2. The molecule has 27 heavy (non-hydrogen) atoms. The molecule has 7 heteroatoms. The summed E-state index contributed by atoms with van der Waals surface area (Å²) in [6.45, 7) is 5.00. The Bertz CT molecular complexity index is 1160. The van der Waals surface area contributed by atoms with Crippen LogP contribution in [0.4, 0.5) is 0 Å². The highest BCUT2D eigenvalue weighted by molar-refractivity contribution is 7.93. The van der Waals surface area contributed by atoms with E-state index in [0.717, 1.165) is 21.3 Å². The third kappa shape index (κ3) is 2.85. The highest BCUT2D eigenvalue weighted by Gasteiger charge is 2.49. The van der Waals surface area contributed by atoms with Crippen molar-refractivity contribution in [1.29, 1.82) is 0 Å². The molecule has 2 heterocycles. The van der Waals surface area contributed by atoms with Crippen LogP contribution in [0.3, 0.4) is 0 Å². The first kappa shape index (κ1) is 18.1. The zero-order valence-corrected chi connectivity index (χ0v) is 17.1. The van der Waals surface area contributed by atoms with Crippen LogP contribution >= 0.6 is 11.3 Å². The average Bonchev–Trinajstić information content (AvgIpc) is 3.05. The third-order valence-electron chi connectivity index (χ3n) is 5.19. The van der Waals surface area contributed by atoms with Crippen molar-refractivity contribution in [2.24, 2.45) is 10.7 Å². The number of aromatic nitrogens is 1. The van der Waals surface area contributed by atoms with Crippen LogP contribution in [0, 0.1) is 0 Å². The molecule has 4 rings (SSSR count). The smallest absolute Gasteiger partial charge is 0.165 e. The van der Waals surface area contributed by atoms with Gasteiger partial charge in [0.15, 0.2) is 9.84 Å². The van der Waals surface area contributed by atoms with Crippen LogP contribution in [0.2, 0.25) is 0 Å². The van der Waals surface area contributed by atoms with Crippen molar-refractivity contribution in [2.45, 2.75) is 31.1 Å². The summed E-state index contributed by atoms with van der Waals surface area (Å²) in [6.07, 6.45) is 0. The molecule has 2 N–H and O–H groups in total. The van der Waals surface area contributed by atoms with E-state index in [4.69, 9.17) is 5.73 Å².